The topological polar surface area (TPSA) is 64.3 Å². The van der Waals surface area contributed by atoms with Gasteiger partial charge in [0.05, 0.1) is 6.07 Å². The van der Waals surface area contributed by atoms with Crippen LogP contribution in [-0.4, -0.2) is 29.0 Å². The molecule has 4 nitrogen and oxygen atoms in total. The number of carbonyl (C=O) groups excluding carboxylic acids is 1. The maximum absolute atomic E-state index is 12.1. The van der Waals surface area contributed by atoms with Gasteiger partial charge in [0.25, 0.3) is 5.91 Å². The van der Waals surface area contributed by atoms with Crippen molar-refractivity contribution in [2.24, 2.45) is 5.92 Å². The molecule has 1 amide bonds. The number of nitrogens with zero attached hydrogens (tertiary/aromatic N) is 2. The third kappa shape index (κ3) is 2.56. The molecule has 0 atom stereocenters. The average Bonchev–Trinajstić information content (AvgIpc) is 2.39. The number of nitriles is 1. The van der Waals surface area contributed by atoms with E-state index >= 15 is 0 Å². The number of rotatable bonds is 1. The molecule has 0 radical (unpaired) electrons. The lowest BCUT2D eigenvalue weighted by Crippen LogP contribution is -2.38. The van der Waals surface area contributed by atoms with Crippen molar-refractivity contribution in [1.82, 2.24) is 4.90 Å². The summed E-state index contributed by atoms with van der Waals surface area (Å²) in [6, 6.07) is 8.50. The van der Waals surface area contributed by atoms with E-state index in [4.69, 9.17) is 10.4 Å². The summed E-state index contributed by atoms with van der Waals surface area (Å²) >= 11 is 0. The van der Waals surface area contributed by atoms with Crippen LogP contribution in [0.5, 0.6) is 5.75 Å². The van der Waals surface area contributed by atoms with Gasteiger partial charge in [-0.2, -0.15) is 5.26 Å². The van der Waals surface area contributed by atoms with E-state index in [0.29, 0.717) is 18.7 Å². The van der Waals surface area contributed by atoms with Crippen LogP contribution in [0.25, 0.3) is 0 Å². The van der Waals surface area contributed by atoms with Crippen LogP contribution < -0.4 is 0 Å². The molecule has 1 aromatic carbocycles. The summed E-state index contributed by atoms with van der Waals surface area (Å²) in [7, 11) is 0. The number of phenols is 1. The fourth-order valence-corrected chi connectivity index (χ4v) is 2.00. The van der Waals surface area contributed by atoms with E-state index in [1.165, 1.54) is 12.1 Å². The molecule has 0 aromatic heterocycles. The molecular formula is C13H14N2O2. The Kier molecular flexibility index (Phi) is 3.29. The average molecular weight is 230 g/mol. The lowest BCUT2D eigenvalue weighted by molar-refractivity contribution is 0.0707. The van der Waals surface area contributed by atoms with Gasteiger partial charge >= 0.3 is 0 Å². The van der Waals surface area contributed by atoms with Crippen LogP contribution >= 0.6 is 0 Å². The predicted octanol–water partition coefficient (Wildman–Crippen LogP) is 1.77. The summed E-state index contributed by atoms with van der Waals surface area (Å²) in [6.45, 7) is 1.27. The number of hydrogen-bond acceptors (Lipinski definition) is 3. The number of carbonyl (C=O) groups is 1. The Morgan fingerprint density at radius 3 is 2.41 bits per heavy atom. The molecule has 17 heavy (non-hydrogen) atoms. The van der Waals surface area contributed by atoms with Gasteiger partial charge in [0, 0.05) is 24.6 Å². The lowest BCUT2D eigenvalue weighted by atomic mass is 9.98. The van der Waals surface area contributed by atoms with Crippen LogP contribution in [0.1, 0.15) is 23.2 Å². The van der Waals surface area contributed by atoms with Gasteiger partial charge in [0.2, 0.25) is 0 Å². The normalized spacial score (nSPS) is 16.5. The van der Waals surface area contributed by atoms with Crippen LogP contribution in [-0.2, 0) is 0 Å². The first-order valence-corrected chi connectivity index (χ1v) is 5.68. The molecule has 0 unspecified atom stereocenters. The zero-order valence-corrected chi connectivity index (χ0v) is 9.47. The number of phenolic OH excluding ortho intramolecular Hbond substituents is 1. The molecule has 0 saturated carbocycles. The van der Waals surface area contributed by atoms with Crippen molar-refractivity contribution in [2.45, 2.75) is 12.8 Å². The van der Waals surface area contributed by atoms with Crippen molar-refractivity contribution in [2.75, 3.05) is 13.1 Å². The largest absolute Gasteiger partial charge is 0.508 e. The number of amides is 1. The van der Waals surface area contributed by atoms with E-state index < -0.39 is 0 Å². The zero-order chi connectivity index (χ0) is 12.3. The van der Waals surface area contributed by atoms with Gasteiger partial charge in [0.1, 0.15) is 5.75 Å². The van der Waals surface area contributed by atoms with Gasteiger partial charge in [-0.15, -0.1) is 0 Å². The highest BCUT2D eigenvalue weighted by atomic mass is 16.3. The minimum Gasteiger partial charge on any atom is -0.508 e. The van der Waals surface area contributed by atoms with Crippen LogP contribution in [0.15, 0.2) is 24.3 Å². The summed E-state index contributed by atoms with van der Waals surface area (Å²) in [4.78, 5) is 13.8. The number of piperidine rings is 1. The van der Waals surface area contributed by atoms with Gasteiger partial charge in [-0.05, 0) is 37.1 Å². The van der Waals surface area contributed by atoms with Crippen LogP contribution in [0.3, 0.4) is 0 Å². The monoisotopic (exact) mass is 230 g/mol. The Hall–Kier alpha value is -2.02. The second-order valence-corrected chi connectivity index (χ2v) is 4.24. The van der Waals surface area contributed by atoms with E-state index in [2.05, 4.69) is 6.07 Å². The van der Waals surface area contributed by atoms with E-state index in [-0.39, 0.29) is 17.6 Å². The van der Waals surface area contributed by atoms with Gasteiger partial charge in [-0.3, -0.25) is 4.79 Å². The number of likely N-dealkylation sites (tertiary alicyclic amines) is 1. The minimum atomic E-state index is -0.0265. The molecule has 1 aliphatic heterocycles. The van der Waals surface area contributed by atoms with Crippen molar-refractivity contribution >= 4 is 5.91 Å². The fraction of sp³-hybridized carbons (Fsp3) is 0.385. The van der Waals surface area contributed by atoms with Crippen molar-refractivity contribution in [3.8, 4) is 11.8 Å². The summed E-state index contributed by atoms with van der Waals surface area (Å²) in [5.74, 6) is 0.213. The first kappa shape index (κ1) is 11.5. The SMILES string of the molecule is N#CC1CCN(C(=O)c2ccc(O)cc2)CC1. The second kappa shape index (κ2) is 4.88. The third-order valence-corrected chi connectivity index (χ3v) is 3.08. The number of benzene rings is 1. The highest BCUT2D eigenvalue weighted by Gasteiger charge is 2.23. The van der Waals surface area contributed by atoms with E-state index in [1.54, 1.807) is 17.0 Å². The highest BCUT2D eigenvalue weighted by molar-refractivity contribution is 5.94. The molecule has 4 heteroatoms. The molecule has 88 valence electrons. The Morgan fingerprint density at radius 1 is 1.29 bits per heavy atom. The summed E-state index contributed by atoms with van der Waals surface area (Å²) < 4.78 is 0. The van der Waals surface area contributed by atoms with Crippen molar-refractivity contribution < 1.29 is 9.90 Å². The minimum absolute atomic E-state index is 0.0265. The molecule has 0 spiro atoms. The first-order valence-electron chi connectivity index (χ1n) is 5.68. The van der Waals surface area contributed by atoms with Gasteiger partial charge in [-0.25, -0.2) is 0 Å². The van der Waals surface area contributed by atoms with Crippen LogP contribution in [0, 0.1) is 17.2 Å². The van der Waals surface area contributed by atoms with Crippen molar-refractivity contribution in [3.63, 3.8) is 0 Å². The fourth-order valence-electron chi connectivity index (χ4n) is 2.00. The maximum atomic E-state index is 12.1. The van der Waals surface area contributed by atoms with Gasteiger partial charge < -0.3 is 10.0 Å². The summed E-state index contributed by atoms with van der Waals surface area (Å²) in [5.41, 5.74) is 0.582. The van der Waals surface area contributed by atoms with E-state index in [1.807, 2.05) is 0 Å². The van der Waals surface area contributed by atoms with Crippen molar-refractivity contribution in [1.29, 1.82) is 5.26 Å². The molecule has 1 heterocycles. The molecule has 2 rings (SSSR count). The standard InChI is InChI=1S/C13H14N2O2/c14-9-10-5-7-15(8-6-10)13(17)11-1-3-12(16)4-2-11/h1-4,10,16H,5-8H2. The molecule has 1 saturated heterocycles. The summed E-state index contributed by atoms with van der Waals surface area (Å²) in [5, 5.41) is 17.9. The van der Waals surface area contributed by atoms with Crippen LogP contribution in [0.2, 0.25) is 0 Å². The Bertz CT molecular complexity index is 439. The Labute approximate surface area is 100 Å². The van der Waals surface area contributed by atoms with Gasteiger partial charge in [0.15, 0.2) is 0 Å². The van der Waals surface area contributed by atoms with Gasteiger partial charge in [-0.1, -0.05) is 0 Å². The second-order valence-electron chi connectivity index (χ2n) is 4.24. The van der Waals surface area contributed by atoms with E-state index in [0.717, 1.165) is 12.8 Å². The smallest absolute Gasteiger partial charge is 0.253 e. The molecule has 0 aliphatic carbocycles. The van der Waals surface area contributed by atoms with Crippen molar-refractivity contribution in [3.05, 3.63) is 29.8 Å². The molecular weight excluding hydrogens is 216 g/mol. The number of hydrogen-bond donors (Lipinski definition) is 1. The number of aromatic hydroxyl groups is 1. The molecule has 1 fully saturated rings. The summed E-state index contributed by atoms with van der Waals surface area (Å²) in [6.07, 6.45) is 1.50. The Morgan fingerprint density at radius 2 is 1.88 bits per heavy atom. The molecule has 1 N–H and O–H groups in total. The zero-order valence-electron chi connectivity index (χ0n) is 9.47. The van der Waals surface area contributed by atoms with Crippen LogP contribution in [0.4, 0.5) is 0 Å². The predicted molar refractivity (Wildman–Crippen MR) is 62.3 cm³/mol. The lowest BCUT2D eigenvalue weighted by Gasteiger charge is -2.29. The first-order chi connectivity index (χ1) is 8.20. The molecule has 1 aromatic rings. The van der Waals surface area contributed by atoms with E-state index in [9.17, 15) is 4.79 Å². The maximum Gasteiger partial charge on any atom is 0.253 e. The third-order valence-electron chi connectivity index (χ3n) is 3.08. The highest BCUT2D eigenvalue weighted by Crippen LogP contribution is 2.19. The molecule has 1 aliphatic rings. The quantitative estimate of drug-likeness (QED) is 0.799. The Balaban J connectivity index is 2.02. The molecule has 0 bridgehead atoms.